The smallest absolute Gasteiger partial charge is 0.110 e. The summed E-state index contributed by atoms with van der Waals surface area (Å²) in [6.45, 7) is 7.27. The molecule has 3 nitrogen and oxygen atoms in total. The van der Waals surface area contributed by atoms with E-state index in [1.54, 1.807) is 0 Å². The van der Waals surface area contributed by atoms with Gasteiger partial charge in [-0.25, -0.2) is 0 Å². The molecule has 1 heterocycles. The standard InChI is InChI=1S/C12H21NO2/c1-9-8-15-12(6-4-5-7-12)10(13-14)11(9,2)3/h9,14H,4-8H2,1-3H3/b13-10-. The fourth-order valence-electron chi connectivity index (χ4n) is 2.93. The van der Waals surface area contributed by atoms with Crippen LogP contribution < -0.4 is 0 Å². The molecule has 15 heavy (non-hydrogen) atoms. The molecule has 0 radical (unpaired) electrons. The van der Waals surface area contributed by atoms with Crippen molar-refractivity contribution in [3.05, 3.63) is 0 Å². The van der Waals surface area contributed by atoms with Crippen LogP contribution in [0.5, 0.6) is 0 Å². The third-order valence-corrected chi connectivity index (χ3v) is 4.39. The summed E-state index contributed by atoms with van der Waals surface area (Å²) < 4.78 is 5.99. The molecule has 3 heteroatoms. The average Bonchev–Trinajstić information content (AvgIpc) is 2.62. The minimum atomic E-state index is -0.245. The van der Waals surface area contributed by atoms with Gasteiger partial charge in [-0.1, -0.05) is 38.8 Å². The molecule has 1 saturated heterocycles. The van der Waals surface area contributed by atoms with E-state index in [1.165, 1.54) is 12.8 Å². The summed E-state index contributed by atoms with van der Waals surface area (Å²) in [7, 11) is 0. The van der Waals surface area contributed by atoms with Crippen LogP contribution in [0.4, 0.5) is 0 Å². The summed E-state index contributed by atoms with van der Waals surface area (Å²) in [5.41, 5.74) is 0.577. The Bertz CT molecular complexity index is 277. The normalized spacial score (nSPS) is 36.2. The molecule has 1 spiro atoms. The second-order valence-corrected chi connectivity index (χ2v) is 5.58. The Hall–Kier alpha value is -0.570. The van der Waals surface area contributed by atoms with Gasteiger partial charge in [-0.3, -0.25) is 0 Å². The lowest BCUT2D eigenvalue weighted by molar-refractivity contribution is -0.0545. The van der Waals surface area contributed by atoms with Crippen LogP contribution in [-0.2, 0) is 4.74 Å². The molecule has 1 aliphatic heterocycles. The van der Waals surface area contributed by atoms with Crippen molar-refractivity contribution in [1.82, 2.24) is 0 Å². The third-order valence-electron chi connectivity index (χ3n) is 4.39. The Morgan fingerprint density at radius 3 is 2.47 bits per heavy atom. The van der Waals surface area contributed by atoms with Gasteiger partial charge in [-0.05, 0) is 18.8 Å². The van der Waals surface area contributed by atoms with E-state index in [4.69, 9.17) is 4.74 Å². The van der Waals surface area contributed by atoms with Crippen molar-refractivity contribution in [2.24, 2.45) is 16.5 Å². The number of oxime groups is 1. The first-order valence-electron chi connectivity index (χ1n) is 5.90. The van der Waals surface area contributed by atoms with Crippen molar-refractivity contribution in [3.8, 4) is 0 Å². The van der Waals surface area contributed by atoms with Crippen LogP contribution in [-0.4, -0.2) is 23.1 Å². The van der Waals surface area contributed by atoms with Gasteiger partial charge in [-0.15, -0.1) is 0 Å². The molecule has 1 aliphatic carbocycles. The van der Waals surface area contributed by atoms with Gasteiger partial charge in [-0.2, -0.15) is 0 Å². The molecule has 2 fully saturated rings. The number of hydrogen-bond acceptors (Lipinski definition) is 3. The van der Waals surface area contributed by atoms with E-state index in [1.807, 2.05) is 0 Å². The predicted octanol–water partition coefficient (Wildman–Crippen LogP) is 2.82. The molecule has 86 valence electrons. The zero-order chi connectivity index (χ0) is 11.1. The Kier molecular flexibility index (Phi) is 2.53. The number of nitrogens with zero attached hydrogens (tertiary/aromatic N) is 1. The van der Waals surface area contributed by atoms with Crippen LogP contribution in [0, 0.1) is 11.3 Å². The Morgan fingerprint density at radius 1 is 1.33 bits per heavy atom. The molecule has 0 bridgehead atoms. The highest BCUT2D eigenvalue weighted by Gasteiger charge is 2.52. The van der Waals surface area contributed by atoms with E-state index in [2.05, 4.69) is 25.9 Å². The van der Waals surface area contributed by atoms with Crippen LogP contribution in [0.15, 0.2) is 5.16 Å². The van der Waals surface area contributed by atoms with Crippen LogP contribution >= 0.6 is 0 Å². The second kappa shape index (κ2) is 3.48. The van der Waals surface area contributed by atoms with Crippen molar-refractivity contribution < 1.29 is 9.94 Å². The lowest BCUT2D eigenvalue weighted by Crippen LogP contribution is -2.55. The molecular weight excluding hydrogens is 190 g/mol. The molecule has 1 saturated carbocycles. The molecule has 0 aromatic heterocycles. The zero-order valence-electron chi connectivity index (χ0n) is 9.92. The summed E-state index contributed by atoms with van der Waals surface area (Å²) >= 11 is 0. The predicted molar refractivity (Wildman–Crippen MR) is 59.3 cm³/mol. The van der Waals surface area contributed by atoms with Crippen molar-refractivity contribution in [3.63, 3.8) is 0 Å². The van der Waals surface area contributed by atoms with Crippen LogP contribution in [0.3, 0.4) is 0 Å². The van der Waals surface area contributed by atoms with Crippen LogP contribution in [0.25, 0.3) is 0 Å². The molecule has 1 N–H and O–H groups in total. The second-order valence-electron chi connectivity index (χ2n) is 5.58. The minimum absolute atomic E-state index is 0.0443. The summed E-state index contributed by atoms with van der Waals surface area (Å²) in [5, 5.41) is 12.9. The van der Waals surface area contributed by atoms with E-state index in [9.17, 15) is 5.21 Å². The Labute approximate surface area is 91.5 Å². The van der Waals surface area contributed by atoms with Crippen molar-refractivity contribution in [1.29, 1.82) is 0 Å². The largest absolute Gasteiger partial charge is 0.411 e. The van der Waals surface area contributed by atoms with Gasteiger partial charge >= 0.3 is 0 Å². The van der Waals surface area contributed by atoms with Crippen molar-refractivity contribution >= 4 is 5.71 Å². The Balaban J connectivity index is 2.36. The van der Waals surface area contributed by atoms with Gasteiger partial charge in [0.25, 0.3) is 0 Å². The average molecular weight is 211 g/mol. The maximum Gasteiger partial charge on any atom is 0.110 e. The van der Waals surface area contributed by atoms with E-state index < -0.39 is 0 Å². The summed E-state index contributed by atoms with van der Waals surface area (Å²) in [4.78, 5) is 0. The molecule has 2 rings (SSSR count). The quantitative estimate of drug-likeness (QED) is 0.494. The lowest BCUT2D eigenvalue weighted by Gasteiger charge is -2.47. The molecule has 0 aromatic rings. The van der Waals surface area contributed by atoms with E-state index in [0.717, 1.165) is 25.2 Å². The number of ether oxygens (including phenoxy) is 1. The summed E-state index contributed by atoms with van der Waals surface area (Å²) in [5.74, 6) is 0.412. The van der Waals surface area contributed by atoms with Gasteiger partial charge in [0.2, 0.25) is 0 Å². The Morgan fingerprint density at radius 2 is 1.93 bits per heavy atom. The number of hydrogen-bond donors (Lipinski definition) is 1. The SMILES string of the molecule is CC1COC2(CCCC2)/C(=N\O)C1(C)C. The molecule has 0 amide bonds. The number of rotatable bonds is 0. The van der Waals surface area contributed by atoms with Crippen LogP contribution in [0.1, 0.15) is 46.5 Å². The highest BCUT2D eigenvalue weighted by Crippen LogP contribution is 2.46. The lowest BCUT2D eigenvalue weighted by atomic mass is 9.67. The van der Waals surface area contributed by atoms with Gasteiger partial charge in [0.05, 0.1) is 12.3 Å². The van der Waals surface area contributed by atoms with E-state index in [0.29, 0.717) is 5.92 Å². The van der Waals surface area contributed by atoms with Crippen LogP contribution in [0.2, 0.25) is 0 Å². The molecule has 0 aromatic carbocycles. The van der Waals surface area contributed by atoms with Gasteiger partial charge < -0.3 is 9.94 Å². The molecule has 1 unspecified atom stereocenters. The molecular formula is C12H21NO2. The third kappa shape index (κ3) is 1.48. The van der Waals surface area contributed by atoms with Gasteiger partial charge in [0.1, 0.15) is 5.60 Å². The maximum absolute atomic E-state index is 9.28. The van der Waals surface area contributed by atoms with Crippen molar-refractivity contribution in [2.45, 2.75) is 52.1 Å². The first kappa shape index (κ1) is 10.9. The minimum Gasteiger partial charge on any atom is -0.411 e. The topological polar surface area (TPSA) is 41.8 Å². The summed E-state index contributed by atoms with van der Waals surface area (Å²) in [6, 6.07) is 0. The highest BCUT2D eigenvalue weighted by atomic mass is 16.5. The zero-order valence-corrected chi connectivity index (χ0v) is 9.92. The van der Waals surface area contributed by atoms with Gasteiger partial charge in [0, 0.05) is 5.41 Å². The van der Waals surface area contributed by atoms with Gasteiger partial charge in [0.15, 0.2) is 0 Å². The van der Waals surface area contributed by atoms with Crippen molar-refractivity contribution in [2.75, 3.05) is 6.61 Å². The van der Waals surface area contributed by atoms with E-state index in [-0.39, 0.29) is 11.0 Å². The molecule has 2 aliphatic rings. The monoisotopic (exact) mass is 211 g/mol. The van der Waals surface area contributed by atoms with E-state index >= 15 is 0 Å². The maximum atomic E-state index is 9.28. The first-order valence-corrected chi connectivity index (χ1v) is 5.90. The highest BCUT2D eigenvalue weighted by molar-refractivity contribution is 5.97. The first-order chi connectivity index (χ1) is 7.03. The fraction of sp³-hybridized carbons (Fsp3) is 0.917. The molecule has 1 atom stereocenters. The fourth-order valence-corrected chi connectivity index (χ4v) is 2.93. The summed E-state index contributed by atoms with van der Waals surface area (Å²) in [6.07, 6.45) is 4.40.